The van der Waals surface area contributed by atoms with E-state index >= 15 is 0 Å². The normalized spacial score (nSPS) is 17.6. The third-order valence-corrected chi connectivity index (χ3v) is 3.91. The van der Waals surface area contributed by atoms with Crippen LogP contribution in [0.2, 0.25) is 0 Å². The summed E-state index contributed by atoms with van der Waals surface area (Å²) in [6.07, 6.45) is 5.45. The molecular formula is C20H27ClN2O. The van der Waals surface area contributed by atoms with Crippen molar-refractivity contribution >= 4 is 23.0 Å². The summed E-state index contributed by atoms with van der Waals surface area (Å²) in [5, 5.41) is 10.6. The number of halogens is 1. The summed E-state index contributed by atoms with van der Waals surface area (Å²) in [5.74, 6) is 0.443. The fourth-order valence-electron chi connectivity index (χ4n) is 2.40. The number of phenolic OH excluding ortho intramolecular Hbond substituents is 1. The van der Waals surface area contributed by atoms with Crippen LogP contribution >= 0.6 is 11.6 Å². The predicted octanol–water partition coefficient (Wildman–Crippen LogP) is 5.13. The second-order valence-electron chi connectivity index (χ2n) is 6.81. The average molecular weight is 347 g/mol. The Labute approximate surface area is 150 Å². The van der Waals surface area contributed by atoms with Crippen LogP contribution in [0.1, 0.15) is 37.5 Å². The number of nitrogens with zero attached hydrogens (tertiary/aromatic N) is 2. The van der Waals surface area contributed by atoms with Gasteiger partial charge in [-0.15, -0.1) is 0 Å². The van der Waals surface area contributed by atoms with Crippen molar-refractivity contribution in [1.82, 2.24) is 0 Å². The van der Waals surface area contributed by atoms with E-state index in [4.69, 9.17) is 11.6 Å². The van der Waals surface area contributed by atoms with E-state index in [0.29, 0.717) is 10.8 Å². The number of allylic oxidation sites excluding steroid dienone is 4. The first-order valence-electron chi connectivity index (χ1n) is 7.90. The lowest BCUT2D eigenvalue weighted by molar-refractivity contribution is 0.442. The second-order valence-corrected chi connectivity index (χ2v) is 7.24. The van der Waals surface area contributed by atoms with Gasteiger partial charge in [-0.3, -0.25) is 9.98 Å². The molecule has 3 nitrogen and oxygen atoms in total. The van der Waals surface area contributed by atoms with Gasteiger partial charge in [0.25, 0.3) is 0 Å². The van der Waals surface area contributed by atoms with Crippen LogP contribution in [-0.4, -0.2) is 30.6 Å². The molecule has 0 radical (unpaired) electrons. The number of phenols is 1. The zero-order valence-corrected chi connectivity index (χ0v) is 16.4. The van der Waals surface area contributed by atoms with Crippen LogP contribution in [-0.2, 0) is 5.41 Å². The lowest BCUT2D eigenvalue weighted by Crippen LogP contribution is -2.12. The first-order valence-corrected chi connectivity index (χ1v) is 8.27. The summed E-state index contributed by atoms with van der Waals surface area (Å²) in [4.78, 5) is 8.05. The van der Waals surface area contributed by atoms with Gasteiger partial charge in [0.05, 0.1) is 11.4 Å². The molecule has 0 saturated heterocycles. The Bertz CT molecular complexity index is 720. The Morgan fingerprint density at radius 1 is 0.958 bits per heavy atom. The van der Waals surface area contributed by atoms with Gasteiger partial charge in [0, 0.05) is 19.1 Å². The number of rotatable bonds is 0. The number of aliphatic imine (C=N–C) groups is 2. The van der Waals surface area contributed by atoms with Gasteiger partial charge >= 0.3 is 0 Å². The van der Waals surface area contributed by atoms with E-state index in [-0.39, 0.29) is 5.41 Å². The molecule has 1 aromatic rings. The van der Waals surface area contributed by atoms with E-state index in [1.165, 1.54) is 5.56 Å². The summed E-state index contributed by atoms with van der Waals surface area (Å²) >= 11 is 5.75. The van der Waals surface area contributed by atoms with E-state index in [9.17, 15) is 5.11 Å². The molecule has 0 aliphatic heterocycles. The van der Waals surface area contributed by atoms with Crippen molar-refractivity contribution in [3.05, 3.63) is 52.1 Å². The van der Waals surface area contributed by atoms with E-state index in [1.54, 1.807) is 26.2 Å². The maximum absolute atomic E-state index is 9.86. The predicted molar refractivity (Wildman–Crippen MR) is 106 cm³/mol. The topological polar surface area (TPSA) is 45.0 Å². The Morgan fingerprint density at radius 3 is 2.04 bits per heavy atom. The highest BCUT2D eigenvalue weighted by atomic mass is 35.5. The van der Waals surface area contributed by atoms with Crippen LogP contribution in [0.25, 0.3) is 0 Å². The van der Waals surface area contributed by atoms with Crippen molar-refractivity contribution in [1.29, 1.82) is 0 Å². The fraction of sp³-hybridized carbons (Fsp3) is 0.400. The highest BCUT2D eigenvalue weighted by Gasteiger charge is 2.19. The molecule has 4 heteroatoms. The third kappa shape index (κ3) is 5.34. The smallest absolute Gasteiger partial charge is 0.122 e. The molecule has 2 rings (SSSR count). The SMILES string of the molecule is CN=C1C=CC(Cl)=CC1=NC.Cc1cc(C)c(O)c(C(C)(C)C)c1. The summed E-state index contributed by atoms with van der Waals surface area (Å²) in [5.41, 5.74) is 4.92. The molecule has 1 aliphatic carbocycles. The Balaban J connectivity index is 0.000000243. The number of aryl methyl sites for hydroxylation is 2. The molecule has 0 spiro atoms. The van der Waals surface area contributed by atoms with Crippen molar-refractivity contribution in [2.24, 2.45) is 9.98 Å². The van der Waals surface area contributed by atoms with Crippen molar-refractivity contribution in [2.45, 2.75) is 40.0 Å². The maximum Gasteiger partial charge on any atom is 0.122 e. The lowest BCUT2D eigenvalue weighted by Gasteiger charge is -2.22. The van der Waals surface area contributed by atoms with Crippen LogP contribution in [0, 0.1) is 13.8 Å². The van der Waals surface area contributed by atoms with Gasteiger partial charge in [-0.1, -0.05) is 50.1 Å². The van der Waals surface area contributed by atoms with Gasteiger partial charge in [0.2, 0.25) is 0 Å². The quantitative estimate of drug-likeness (QED) is 0.650. The Hall–Kier alpha value is -1.87. The molecule has 0 aromatic heterocycles. The molecule has 24 heavy (non-hydrogen) atoms. The van der Waals surface area contributed by atoms with Crippen molar-refractivity contribution < 1.29 is 5.11 Å². The molecule has 130 valence electrons. The molecule has 1 aromatic carbocycles. The maximum atomic E-state index is 9.86. The first-order chi connectivity index (χ1) is 11.1. The van der Waals surface area contributed by atoms with Gasteiger partial charge in [-0.2, -0.15) is 0 Å². The summed E-state index contributed by atoms with van der Waals surface area (Å²) in [6, 6.07) is 4.06. The number of hydrogen-bond donors (Lipinski definition) is 1. The molecule has 1 aliphatic rings. The van der Waals surface area contributed by atoms with E-state index in [2.05, 4.69) is 43.7 Å². The van der Waals surface area contributed by atoms with Crippen LogP contribution < -0.4 is 0 Å². The summed E-state index contributed by atoms with van der Waals surface area (Å²) in [7, 11) is 3.46. The van der Waals surface area contributed by atoms with Gasteiger partial charge in [0.1, 0.15) is 5.75 Å². The number of hydrogen-bond acceptors (Lipinski definition) is 3. The highest BCUT2D eigenvalue weighted by molar-refractivity contribution is 6.53. The van der Waals surface area contributed by atoms with Gasteiger partial charge in [-0.25, -0.2) is 0 Å². The Kier molecular flexibility index (Phi) is 6.97. The van der Waals surface area contributed by atoms with Crippen molar-refractivity contribution in [3.63, 3.8) is 0 Å². The third-order valence-electron chi connectivity index (χ3n) is 3.67. The highest BCUT2D eigenvalue weighted by Crippen LogP contribution is 2.33. The van der Waals surface area contributed by atoms with Crippen molar-refractivity contribution in [3.8, 4) is 5.75 Å². The van der Waals surface area contributed by atoms with E-state index in [1.807, 2.05) is 19.1 Å². The largest absolute Gasteiger partial charge is 0.507 e. The van der Waals surface area contributed by atoms with Gasteiger partial charge in [-0.05, 0) is 48.6 Å². The zero-order valence-electron chi connectivity index (χ0n) is 15.6. The molecule has 0 heterocycles. The van der Waals surface area contributed by atoms with Crippen molar-refractivity contribution in [2.75, 3.05) is 14.1 Å². The molecular weight excluding hydrogens is 320 g/mol. The molecule has 0 saturated carbocycles. The minimum Gasteiger partial charge on any atom is -0.507 e. The molecule has 0 bridgehead atoms. The zero-order chi connectivity index (χ0) is 18.5. The van der Waals surface area contributed by atoms with Crippen LogP contribution in [0.5, 0.6) is 5.75 Å². The molecule has 0 fully saturated rings. The van der Waals surface area contributed by atoms with E-state index in [0.717, 1.165) is 22.6 Å². The summed E-state index contributed by atoms with van der Waals surface area (Å²) < 4.78 is 0. The minimum absolute atomic E-state index is 0.0147. The van der Waals surface area contributed by atoms with Gasteiger partial charge in [0.15, 0.2) is 0 Å². The minimum atomic E-state index is 0.0147. The Morgan fingerprint density at radius 2 is 1.54 bits per heavy atom. The molecule has 0 atom stereocenters. The van der Waals surface area contributed by atoms with E-state index < -0.39 is 0 Å². The number of aromatic hydroxyl groups is 1. The standard InChI is InChI=1S/C12H18O.C8H9ClN2/c1-8-6-9(2)11(13)10(7-8)12(3,4)5;1-10-7-4-3-6(9)5-8(7)11-2/h6-7,13H,1-5H3;3-5H,1-2H3. The summed E-state index contributed by atoms with van der Waals surface area (Å²) in [6.45, 7) is 10.3. The monoisotopic (exact) mass is 346 g/mol. The van der Waals surface area contributed by atoms with Crippen LogP contribution in [0.4, 0.5) is 0 Å². The fourth-order valence-corrected chi connectivity index (χ4v) is 2.56. The first kappa shape index (κ1) is 20.2. The van der Waals surface area contributed by atoms with Gasteiger partial charge < -0.3 is 5.11 Å². The molecule has 0 amide bonds. The average Bonchev–Trinajstić information content (AvgIpc) is 2.50. The molecule has 1 N–H and O–H groups in total. The van der Waals surface area contributed by atoms with Crippen LogP contribution in [0.3, 0.4) is 0 Å². The van der Waals surface area contributed by atoms with Crippen LogP contribution in [0.15, 0.2) is 45.4 Å². The second kappa shape index (κ2) is 8.29. The lowest BCUT2D eigenvalue weighted by atomic mass is 9.84. The number of benzene rings is 1. The molecule has 0 unspecified atom stereocenters.